The molecule has 1 aliphatic heterocycles. The number of nitrogens with zero attached hydrogens (tertiary/aromatic N) is 1. The molecule has 0 aromatic carbocycles. The van der Waals surface area contributed by atoms with Gasteiger partial charge in [0.1, 0.15) is 0 Å². The molecule has 5 heteroatoms. The summed E-state index contributed by atoms with van der Waals surface area (Å²) in [6.07, 6.45) is 3.79. The van der Waals surface area contributed by atoms with Gasteiger partial charge in [-0.1, -0.05) is 6.92 Å². The molecule has 1 aliphatic carbocycles. The van der Waals surface area contributed by atoms with Crippen molar-refractivity contribution in [1.29, 1.82) is 0 Å². The van der Waals surface area contributed by atoms with Gasteiger partial charge >= 0.3 is 0 Å². The van der Waals surface area contributed by atoms with Crippen LogP contribution in [0.4, 0.5) is 0 Å². The molecule has 2 rings (SSSR count). The van der Waals surface area contributed by atoms with Gasteiger partial charge < -0.3 is 15.8 Å². The molecular formula is C13H25N3O2. The van der Waals surface area contributed by atoms with Gasteiger partial charge in [-0.2, -0.15) is 0 Å². The van der Waals surface area contributed by atoms with Crippen molar-refractivity contribution in [3.05, 3.63) is 0 Å². The Morgan fingerprint density at radius 3 is 2.83 bits per heavy atom. The lowest BCUT2D eigenvalue weighted by Crippen LogP contribution is -2.54. The van der Waals surface area contributed by atoms with Gasteiger partial charge in [-0.3, -0.25) is 9.69 Å². The van der Waals surface area contributed by atoms with Gasteiger partial charge in [-0.05, 0) is 39.3 Å². The Balaban J connectivity index is 1.99. The first-order chi connectivity index (χ1) is 8.59. The van der Waals surface area contributed by atoms with E-state index >= 15 is 0 Å². The zero-order valence-electron chi connectivity index (χ0n) is 11.4. The first-order valence-electron chi connectivity index (χ1n) is 6.93. The number of hydrogen-bond donors (Lipinski definition) is 2. The molecule has 3 atom stereocenters. The zero-order chi connectivity index (χ0) is 13.2. The second-order valence-corrected chi connectivity index (χ2v) is 5.56. The summed E-state index contributed by atoms with van der Waals surface area (Å²) < 4.78 is 5.44. The Kier molecular flexibility index (Phi) is 4.25. The molecule has 1 heterocycles. The SMILES string of the molecule is CCNC1(C(N)=O)CCC(N(C)C2CCOC2)C1. The van der Waals surface area contributed by atoms with Gasteiger partial charge in [0, 0.05) is 18.7 Å². The van der Waals surface area contributed by atoms with E-state index in [-0.39, 0.29) is 5.91 Å². The van der Waals surface area contributed by atoms with Crippen LogP contribution in [0.25, 0.3) is 0 Å². The maximum atomic E-state index is 11.7. The van der Waals surface area contributed by atoms with E-state index in [2.05, 4.69) is 17.3 Å². The van der Waals surface area contributed by atoms with Crippen LogP contribution in [0.2, 0.25) is 0 Å². The largest absolute Gasteiger partial charge is 0.380 e. The molecular weight excluding hydrogens is 230 g/mol. The van der Waals surface area contributed by atoms with Crippen LogP contribution in [-0.2, 0) is 9.53 Å². The van der Waals surface area contributed by atoms with Crippen LogP contribution in [0.15, 0.2) is 0 Å². The number of ether oxygens (including phenoxy) is 1. The van der Waals surface area contributed by atoms with Crippen LogP contribution in [0.1, 0.15) is 32.6 Å². The monoisotopic (exact) mass is 255 g/mol. The molecule has 1 saturated heterocycles. The van der Waals surface area contributed by atoms with Gasteiger partial charge in [0.25, 0.3) is 0 Å². The van der Waals surface area contributed by atoms with E-state index in [1.165, 1.54) is 0 Å². The third-order valence-corrected chi connectivity index (χ3v) is 4.53. The first-order valence-corrected chi connectivity index (χ1v) is 6.93. The maximum absolute atomic E-state index is 11.7. The molecule has 0 aromatic rings. The van der Waals surface area contributed by atoms with Crippen molar-refractivity contribution in [2.24, 2.45) is 5.73 Å². The molecule has 0 aromatic heterocycles. The van der Waals surface area contributed by atoms with Crippen molar-refractivity contribution in [2.45, 2.75) is 50.2 Å². The minimum atomic E-state index is -0.493. The van der Waals surface area contributed by atoms with Crippen LogP contribution in [0.3, 0.4) is 0 Å². The van der Waals surface area contributed by atoms with Crippen molar-refractivity contribution in [2.75, 3.05) is 26.8 Å². The molecule has 104 valence electrons. The summed E-state index contributed by atoms with van der Waals surface area (Å²) in [6.45, 7) is 4.48. The highest BCUT2D eigenvalue weighted by Gasteiger charge is 2.45. The number of nitrogens with one attached hydrogen (secondary N) is 1. The minimum absolute atomic E-state index is 0.206. The Labute approximate surface area is 109 Å². The standard InChI is InChI=1S/C13H25N3O2/c1-3-15-13(12(14)17)6-4-10(8-13)16(2)11-5-7-18-9-11/h10-11,15H,3-9H2,1-2H3,(H2,14,17). The number of carbonyl (C=O) groups excluding carboxylic acids is 1. The van der Waals surface area contributed by atoms with Crippen LogP contribution in [-0.4, -0.2) is 55.2 Å². The van der Waals surface area contributed by atoms with Crippen molar-refractivity contribution in [3.8, 4) is 0 Å². The van der Waals surface area contributed by atoms with Crippen molar-refractivity contribution in [3.63, 3.8) is 0 Å². The second-order valence-electron chi connectivity index (χ2n) is 5.56. The lowest BCUT2D eigenvalue weighted by molar-refractivity contribution is -0.124. The maximum Gasteiger partial charge on any atom is 0.237 e. The Morgan fingerprint density at radius 2 is 2.28 bits per heavy atom. The number of likely N-dealkylation sites (N-methyl/N-ethyl adjacent to an activating group) is 2. The molecule has 1 amide bonds. The normalized spacial score (nSPS) is 36.4. The Hall–Kier alpha value is -0.650. The molecule has 2 aliphatic rings. The number of primary amides is 1. The minimum Gasteiger partial charge on any atom is -0.380 e. The lowest BCUT2D eigenvalue weighted by Gasteiger charge is -2.32. The second kappa shape index (κ2) is 5.55. The van der Waals surface area contributed by atoms with Gasteiger partial charge in [0.05, 0.1) is 12.1 Å². The van der Waals surface area contributed by atoms with E-state index < -0.39 is 5.54 Å². The van der Waals surface area contributed by atoms with Crippen molar-refractivity contribution in [1.82, 2.24) is 10.2 Å². The zero-order valence-corrected chi connectivity index (χ0v) is 11.4. The fraction of sp³-hybridized carbons (Fsp3) is 0.923. The smallest absolute Gasteiger partial charge is 0.237 e. The average molecular weight is 255 g/mol. The molecule has 3 unspecified atom stereocenters. The Morgan fingerprint density at radius 1 is 1.50 bits per heavy atom. The molecule has 0 spiro atoms. The number of carbonyl (C=O) groups is 1. The Bertz CT molecular complexity index is 305. The number of nitrogens with two attached hydrogens (primary N) is 1. The summed E-state index contributed by atoms with van der Waals surface area (Å²) in [5.41, 5.74) is 5.10. The third-order valence-electron chi connectivity index (χ3n) is 4.53. The van der Waals surface area contributed by atoms with Gasteiger partial charge in [-0.15, -0.1) is 0 Å². The average Bonchev–Trinajstić information content (AvgIpc) is 2.98. The van der Waals surface area contributed by atoms with E-state index in [4.69, 9.17) is 10.5 Å². The predicted molar refractivity (Wildman–Crippen MR) is 70.2 cm³/mol. The molecule has 3 N–H and O–H groups in total. The highest BCUT2D eigenvalue weighted by molar-refractivity contribution is 5.85. The van der Waals surface area contributed by atoms with Crippen LogP contribution >= 0.6 is 0 Å². The topological polar surface area (TPSA) is 67.6 Å². The number of amides is 1. The lowest BCUT2D eigenvalue weighted by atomic mass is 9.96. The number of hydrogen-bond acceptors (Lipinski definition) is 4. The fourth-order valence-corrected chi connectivity index (χ4v) is 3.32. The third kappa shape index (κ3) is 2.53. The molecule has 18 heavy (non-hydrogen) atoms. The van der Waals surface area contributed by atoms with E-state index in [1.807, 2.05) is 6.92 Å². The summed E-state index contributed by atoms with van der Waals surface area (Å²) in [5.74, 6) is -0.206. The summed E-state index contributed by atoms with van der Waals surface area (Å²) in [6, 6.07) is 0.934. The summed E-state index contributed by atoms with van der Waals surface area (Å²) in [5, 5.41) is 3.30. The molecule has 1 saturated carbocycles. The van der Waals surface area contributed by atoms with Crippen LogP contribution in [0.5, 0.6) is 0 Å². The number of rotatable bonds is 5. The van der Waals surface area contributed by atoms with Crippen LogP contribution in [0, 0.1) is 0 Å². The van der Waals surface area contributed by atoms with E-state index in [0.717, 1.165) is 45.4 Å². The van der Waals surface area contributed by atoms with Crippen LogP contribution < -0.4 is 11.1 Å². The van der Waals surface area contributed by atoms with Gasteiger partial charge in [0.2, 0.25) is 5.91 Å². The highest BCUT2D eigenvalue weighted by Crippen LogP contribution is 2.34. The van der Waals surface area contributed by atoms with Gasteiger partial charge in [0.15, 0.2) is 0 Å². The first kappa shape index (κ1) is 13.8. The summed E-state index contributed by atoms with van der Waals surface area (Å²) in [7, 11) is 2.15. The van der Waals surface area contributed by atoms with Crippen molar-refractivity contribution >= 4 is 5.91 Å². The van der Waals surface area contributed by atoms with Crippen molar-refractivity contribution < 1.29 is 9.53 Å². The molecule has 0 radical (unpaired) electrons. The quantitative estimate of drug-likeness (QED) is 0.731. The fourth-order valence-electron chi connectivity index (χ4n) is 3.32. The van der Waals surface area contributed by atoms with Gasteiger partial charge in [-0.25, -0.2) is 0 Å². The highest BCUT2D eigenvalue weighted by atomic mass is 16.5. The van der Waals surface area contributed by atoms with E-state index in [9.17, 15) is 4.79 Å². The molecule has 0 bridgehead atoms. The van der Waals surface area contributed by atoms with E-state index in [0.29, 0.717) is 12.1 Å². The summed E-state index contributed by atoms with van der Waals surface area (Å²) in [4.78, 5) is 14.1. The molecule has 2 fully saturated rings. The summed E-state index contributed by atoms with van der Waals surface area (Å²) >= 11 is 0. The molecule has 5 nitrogen and oxygen atoms in total. The van der Waals surface area contributed by atoms with E-state index in [1.54, 1.807) is 0 Å². The predicted octanol–water partition coefficient (Wildman–Crippen LogP) is 0.0932.